The van der Waals surface area contributed by atoms with Gasteiger partial charge in [-0.15, -0.1) is 0 Å². The molecule has 0 spiro atoms. The predicted molar refractivity (Wildman–Crippen MR) is 119 cm³/mol. The standard InChI is InChI=1S/C22H20Cl2N4O/c1-11-7-8-16(23)18(19(11)24)13(3)29-22-21(25)26-10-17(28-22)15-6-4-5-14-9-12(2)27-20(14)15/h4-10,13,27H,1-3H3,(H2,25,26). The molecule has 2 aromatic carbocycles. The summed E-state index contributed by atoms with van der Waals surface area (Å²) in [4.78, 5) is 12.3. The summed E-state index contributed by atoms with van der Waals surface area (Å²) in [6.45, 7) is 5.79. The number of fused-ring (bicyclic) bond motifs is 1. The number of anilines is 1. The van der Waals surface area contributed by atoms with Crippen molar-refractivity contribution in [2.75, 3.05) is 5.73 Å². The van der Waals surface area contributed by atoms with E-state index < -0.39 is 6.10 Å². The van der Waals surface area contributed by atoms with Crippen LogP contribution in [0.5, 0.6) is 5.88 Å². The Morgan fingerprint density at radius 1 is 1.14 bits per heavy atom. The van der Waals surface area contributed by atoms with Gasteiger partial charge >= 0.3 is 0 Å². The topological polar surface area (TPSA) is 76.8 Å². The molecule has 0 aliphatic rings. The predicted octanol–water partition coefficient (Wildman–Crippen LogP) is 6.27. The van der Waals surface area contributed by atoms with Gasteiger partial charge in [-0.2, -0.15) is 0 Å². The average molecular weight is 427 g/mol. The lowest BCUT2D eigenvalue weighted by atomic mass is 10.1. The Bertz CT molecular complexity index is 1220. The molecular weight excluding hydrogens is 407 g/mol. The van der Waals surface area contributed by atoms with Crippen LogP contribution in [0, 0.1) is 13.8 Å². The Morgan fingerprint density at radius 3 is 2.72 bits per heavy atom. The third-order valence-corrected chi connectivity index (χ3v) is 5.68. The van der Waals surface area contributed by atoms with Crippen molar-refractivity contribution in [2.45, 2.75) is 26.9 Å². The van der Waals surface area contributed by atoms with Gasteiger partial charge in [0.15, 0.2) is 5.82 Å². The van der Waals surface area contributed by atoms with Gasteiger partial charge in [-0.1, -0.05) is 47.5 Å². The van der Waals surface area contributed by atoms with E-state index >= 15 is 0 Å². The highest BCUT2D eigenvalue weighted by Crippen LogP contribution is 2.36. The quantitative estimate of drug-likeness (QED) is 0.402. The summed E-state index contributed by atoms with van der Waals surface area (Å²) in [5, 5.41) is 2.20. The van der Waals surface area contributed by atoms with E-state index in [0.29, 0.717) is 21.3 Å². The number of H-pyrrole nitrogens is 1. The number of hydrogen-bond donors (Lipinski definition) is 2. The Morgan fingerprint density at radius 2 is 1.93 bits per heavy atom. The molecule has 4 rings (SSSR count). The van der Waals surface area contributed by atoms with Gasteiger partial charge < -0.3 is 15.5 Å². The Hall–Kier alpha value is -2.76. The molecule has 29 heavy (non-hydrogen) atoms. The highest BCUT2D eigenvalue weighted by atomic mass is 35.5. The molecule has 1 unspecified atom stereocenters. The molecule has 4 aromatic rings. The summed E-state index contributed by atoms with van der Waals surface area (Å²) >= 11 is 12.8. The van der Waals surface area contributed by atoms with Crippen LogP contribution in [0.25, 0.3) is 22.2 Å². The van der Waals surface area contributed by atoms with Crippen molar-refractivity contribution < 1.29 is 4.74 Å². The zero-order valence-corrected chi connectivity index (χ0v) is 17.8. The van der Waals surface area contributed by atoms with E-state index in [0.717, 1.165) is 27.7 Å². The first-order chi connectivity index (χ1) is 13.8. The van der Waals surface area contributed by atoms with Gasteiger partial charge in [0.05, 0.1) is 22.4 Å². The van der Waals surface area contributed by atoms with Crippen molar-refractivity contribution in [1.82, 2.24) is 15.0 Å². The van der Waals surface area contributed by atoms with E-state index in [4.69, 9.17) is 33.7 Å². The van der Waals surface area contributed by atoms with Gasteiger partial charge in [-0.3, -0.25) is 0 Å². The molecule has 0 saturated carbocycles. The number of hydrogen-bond acceptors (Lipinski definition) is 4. The molecule has 148 valence electrons. The van der Waals surface area contributed by atoms with Crippen molar-refractivity contribution in [3.8, 4) is 17.1 Å². The molecule has 0 amide bonds. The molecule has 1 atom stereocenters. The average Bonchev–Trinajstić information content (AvgIpc) is 3.07. The van der Waals surface area contributed by atoms with Gasteiger partial charge in [0.2, 0.25) is 0 Å². The van der Waals surface area contributed by atoms with Gasteiger partial charge in [0, 0.05) is 27.2 Å². The van der Waals surface area contributed by atoms with Crippen LogP contribution in [0.2, 0.25) is 10.0 Å². The molecule has 2 aromatic heterocycles. The van der Waals surface area contributed by atoms with E-state index in [1.807, 2.05) is 45.0 Å². The number of ether oxygens (including phenoxy) is 1. The molecule has 5 nitrogen and oxygen atoms in total. The van der Waals surface area contributed by atoms with Crippen molar-refractivity contribution in [1.29, 1.82) is 0 Å². The summed E-state index contributed by atoms with van der Waals surface area (Å²) in [6, 6.07) is 11.8. The smallest absolute Gasteiger partial charge is 0.258 e. The fourth-order valence-electron chi connectivity index (χ4n) is 3.39. The van der Waals surface area contributed by atoms with Crippen molar-refractivity contribution in [2.24, 2.45) is 0 Å². The van der Waals surface area contributed by atoms with E-state index in [9.17, 15) is 0 Å². The van der Waals surface area contributed by atoms with Gasteiger partial charge in [0.25, 0.3) is 5.88 Å². The second-order valence-electron chi connectivity index (χ2n) is 7.02. The second-order valence-corrected chi connectivity index (χ2v) is 7.80. The first kappa shape index (κ1) is 19.6. The van der Waals surface area contributed by atoms with Gasteiger partial charge in [-0.05, 0) is 38.5 Å². The van der Waals surface area contributed by atoms with Gasteiger partial charge in [-0.25, -0.2) is 9.97 Å². The summed E-state index contributed by atoms with van der Waals surface area (Å²) in [7, 11) is 0. The van der Waals surface area contributed by atoms with Crippen LogP contribution >= 0.6 is 23.2 Å². The maximum absolute atomic E-state index is 6.46. The van der Waals surface area contributed by atoms with Crippen molar-refractivity contribution >= 4 is 39.9 Å². The summed E-state index contributed by atoms with van der Waals surface area (Å²) in [6.07, 6.45) is 1.19. The number of para-hydroxylation sites is 1. The third-order valence-electron chi connectivity index (χ3n) is 4.85. The molecule has 7 heteroatoms. The monoisotopic (exact) mass is 426 g/mol. The minimum atomic E-state index is -0.453. The van der Waals surface area contributed by atoms with E-state index in [-0.39, 0.29) is 11.7 Å². The fraction of sp³-hybridized carbons (Fsp3) is 0.182. The summed E-state index contributed by atoms with van der Waals surface area (Å²) in [5.41, 5.74) is 11.3. The molecule has 0 aliphatic heterocycles. The number of aromatic amines is 1. The van der Waals surface area contributed by atoms with Crippen LogP contribution in [0.1, 0.15) is 29.8 Å². The zero-order valence-electron chi connectivity index (χ0n) is 16.3. The van der Waals surface area contributed by atoms with Crippen molar-refractivity contribution in [3.63, 3.8) is 0 Å². The van der Waals surface area contributed by atoms with E-state index in [2.05, 4.69) is 21.0 Å². The Labute approximate surface area is 178 Å². The number of nitrogens with zero attached hydrogens (tertiary/aromatic N) is 2. The zero-order chi connectivity index (χ0) is 20.7. The fourth-order valence-corrected chi connectivity index (χ4v) is 4.06. The van der Waals surface area contributed by atoms with Crippen LogP contribution in [-0.4, -0.2) is 15.0 Å². The molecule has 0 aliphatic carbocycles. The van der Waals surface area contributed by atoms with Crippen LogP contribution in [0.3, 0.4) is 0 Å². The van der Waals surface area contributed by atoms with Crippen LogP contribution < -0.4 is 10.5 Å². The Balaban J connectivity index is 1.74. The number of nitrogen functional groups attached to an aromatic ring is 1. The second kappa shape index (κ2) is 7.58. The molecule has 0 saturated heterocycles. The lowest BCUT2D eigenvalue weighted by molar-refractivity contribution is 0.218. The van der Waals surface area contributed by atoms with Crippen LogP contribution in [0.4, 0.5) is 5.82 Å². The molecule has 3 N–H and O–H groups in total. The minimum Gasteiger partial charge on any atom is -0.467 e. The highest BCUT2D eigenvalue weighted by Gasteiger charge is 2.20. The normalized spacial score (nSPS) is 12.3. The first-order valence-corrected chi connectivity index (χ1v) is 9.93. The third kappa shape index (κ3) is 3.63. The molecule has 0 fully saturated rings. The number of nitrogens with two attached hydrogens (primary N) is 1. The lowest BCUT2D eigenvalue weighted by Crippen LogP contribution is -2.09. The molecule has 0 radical (unpaired) electrons. The summed E-state index contributed by atoms with van der Waals surface area (Å²) in [5.74, 6) is 0.444. The van der Waals surface area contributed by atoms with Crippen LogP contribution in [0.15, 0.2) is 42.6 Å². The largest absolute Gasteiger partial charge is 0.467 e. The number of aromatic nitrogens is 3. The lowest BCUT2D eigenvalue weighted by Gasteiger charge is -2.19. The molecular formula is C22H20Cl2N4O. The SMILES string of the molecule is Cc1cc2cccc(-c3cnc(N)c(OC(C)c4c(Cl)ccc(C)c4Cl)n3)c2[nH]1. The highest BCUT2D eigenvalue weighted by molar-refractivity contribution is 6.36. The number of halogens is 2. The maximum Gasteiger partial charge on any atom is 0.258 e. The number of aryl methyl sites for hydroxylation is 2. The van der Waals surface area contributed by atoms with Crippen LogP contribution in [-0.2, 0) is 0 Å². The van der Waals surface area contributed by atoms with Crippen molar-refractivity contribution in [3.05, 3.63) is 69.5 Å². The number of benzene rings is 2. The first-order valence-electron chi connectivity index (χ1n) is 9.17. The number of rotatable bonds is 4. The number of nitrogens with one attached hydrogen (secondary N) is 1. The Kier molecular flexibility index (Phi) is 5.11. The molecule has 2 heterocycles. The van der Waals surface area contributed by atoms with E-state index in [1.54, 1.807) is 12.3 Å². The van der Waals surface area contributed by atoms with E-state index in [1.165, 1.54) is 0 Å². The maximum atomic E-state index is 6.46. The molecule has 0 bridgehead atoms. The van der Waals surface area contributed by atoms with Gasteiger partial charge in [0.1, 0.15) is 6.10 Å². The minimum absolute atomic E-state index is 0.204. The summed E-state index contributed by atoms with van der Waals surface area (Å²) < 4.78 is 6.05.